The second-order valence-corrected chi connectivity index (χ2v) is 9.67. The molecule has 0 N–H and O–H groups in total. The fraction of sp³-hybridized carbons (Fsp3) is 0.625. The number of carbonyl (C=O) groups is 2. The fourth-order valence-electron chi connectivity index (χ4n) is 4.94. The Balaban J connectivity index is 1.92. The first kappa shape index (κ1) is 24.1. The van der Waals surface area contributed by atoms with Crippen LogP contribution in [-0.4, -0.2) is 65.2 Å². The summed E-state index contributed by atoms with van der Waals surface area (Å²) in [4.78, 5) is 27.7. The molecule has 1 heterocycles. The Hall–Kier alpha value is -2.53. The van der Waals surface area contributed by atoms with E-state index in [0.717, 1.165) is 12.0 Å². The lowest BCUT2D eigenvalue weighted by Crippen LogP contribution is -2.58. The second kappa shape index (κ2) is 9.95. The molecule has 0 bridgehead atoms. The summed E-state index contributed by atoms with van der Waals surface area (Å²) in [6, 6.07) is 7.21. The summed E-state index contributed by atoms with van der Waals surface area (Å²) in [7, 11) is 0. The van der Waals surface area contributed by atoms with Crippen LogP contribution in [0.2, 0.25) is 0 Å². The van der Waals surface area contributed by atoms with E-state index in [4.69, 9.17) is 4.74 Å². The average molecular weight is 448 g/mol. The van der Waals surface area contributed by atoms with Crippen LogP contribution in [-0.2, 0) is 9.53 Å². The molecular formula is C24H31F2N3O3. The van der Waals surface area contributed by atoms with Crippen LogP contribution in [0.4, 0.5) is 13.6 Å². The van der Waals surface area contributed by atoms with Gasteiger partial charge in [0, 0.05) is 19.0 Å². The van der Waals surface area contributed by atoms with E-state index in [2.05, 4.69) is 6.07 Å². The molecule has 3 unspecified atom stereocenters. The summed E-state index contributed by atoms with van der Waals surface area (Å²) in [5.41, 5.74) is 0.241. The second-order valence-electron chi connectivity index (χ2n) is 9.67. The summed E-state index contributed by atoms with van der Waals surface area (Å²) in [6.07, 6.45) is 0.925. The first-order chi connectivity index (χ1) is 15.1. The van der Waals surface area contributed by atoms with Crippen molar-refractivity contribution in [2.24, 2.45) is 0 Å². The summed E-state index contributed by atoms with van der Waals surface area (Å²) in [5.74, 6) is -0.239. The van der Waals surface area contributed by atoms with Gasteiger partial charge in [0.2, 0.25) is 0 Å². The number of likely N-dealkylation sites (tertiary alicyclic amines) is 1. The molecule has 1 saturated carbocycles. The molecule has 0 spiro atoms. The van der Waals surface area contributed by atoms with E-state index < -0.39 is 29.9 Å². The van der Waals surface area contributed by atoms with Crippen LogP contribution in [0.1, 0.15) is 57.9 Å². The molecule has 2 fully saturated rings. The van der Waals surface area contributed by atoms with E-state index in [-0.39, 0.29) is 37.3 Å². The zero-order valence-electron chi connectivity index (χ0n) is 18.8. The maximum atomic E-state index is 14.3. The molecule has 8 heteroatoms. The Bertz CT molecular complexity index is 850. The minimum atomic E-state index is -1.12. The summed E-state index contributed by atoms with van der Waals surface area (Å²) in [6.45, 7) is 5.24. The van der Waals surface area contributed by atoms with Gasteiger partial charge in [-0.1, -0.05) is 12.1 Å². The molecular weight excluding hydrogens is 416 g/mol. The molecule has 1 aromatic carbocycles. The van der Waals surface area contributed by atoms with Crippen molar-refractivity contribution in [3.05, 3.63) is 35.6 Å². The Morgan fingerprint density at radius 2 is 1.97 bits per heavy atom. The molecule has 0 aromatic heterocycles. The largest absolute Gasteiger partial charge is 0.444 e. The van der Waals surface area contributed by atoms with Crippen LogP contribution in [0.15, 0.2) is 24.3 Å². The smallest absolute Gasteiger partial charge is 0.410 e. The van der Waals surface area contributed by atoms with Crippen LogP contribution >= 0.6 is 0 Å². The molecule has 2 aliphatic rings. The van der Waals surface area contributed by atoms with Crippen molar-refractivity contribution >= 4 is 12.4 Å². The van der Waals surface area contributed by atoms with Crippen molar-refractivity contribution in [2.45, 2.75) is 82.3 Å². The van der Waals surface area contributed by atoms with Crippen LogP contribution in [0.25, 0.3) is 0 Å². The third kappa shape index (κ3) is 5.63. The lowest BCUT2D eigenvalue weighted by atomic mass is 9.77. The third-order valence-corrected chi connectivity index (χ3v) is 6.29. The molecule has 6 nitrogen and oxygen atoms in total. The number of amides is 1. The van der Waals surface area contributed by atoms with Gasteiger partial charge in [-0.2, -0.15) is 5.26 Å². The zero-order valence-corrected chi connectivity index (χ0v) is 18.8. The first-order valence-corrected chi connectivity index (χ1v) is 11.1. The summed E-state index contributed by atoms with van der Waals surface area (Å²) >= 11 is 0. The standard InChI is InChI=1S/C24H31F2N3O3/c1-24(2,3)32-23(31)28(10-11-30)21-9-6-17(16-4-7-18(25)8-5-16)12-22(21)29-15-19(26)13-20(29)14-27/h4-5,7-8,11,17,19-22H,6,9-10,12-13,15H2,1-3H3/t17?,19-,20-,21?,22?/m0/s1. The maximum Gasteiger partial charge on any atom is 0.410 e. The first-order valence-electron chi connectivity index (χ1n) is 11.1. The monoisotopic (exact) mass is 447 g/mol. The average Bonchev–Trinajstić information content (AvgIpc) is 3.11. The number of hydrogen-bond acceptors (Lipinski definition) is 5. The number of alkyl halides is 1. The van der Waals surface area contributed by atoms with Crippen molar-refractivity contribution in [1.82, 2.24) is 9.80 Å². The van der Waals surface area contributed by atoms with Gasteiger partial charge in [0.05, 0.1) is 18.7 Å². The normalized spacial score (nSPS) is 28.7. The SMILES string of the molecule is CC(C)(C)OC(=O)N(CC=O)C1CCC(c2ccc(F)cc2)CC1N1C[C@@H](F)C[C@H]1C#N. The van der Waals surface area contributed by atoms with Crippen LogP contribution < -0.4 is 0 Å². The molecule has 1 saturated heterocycles. The summed E-state index contributed by atoms with van der Waals surface area (Å²) < 4.78 is 33.3. The van der Waals surface area contributed by atoms with Gasteiger partial charge < -0.3 is 9.53 Å². The minimum Gasteiger partial charge on any atom is -0.444 e. The molecule has 32 heavy (non-hydrogen) atoms. The lowest BCUT2D eigenvalue weighted by Gasteiger charge is -2.46. The van der Waals surface area contributed by atoms with Gasteiger partial charge in [-0.25, -0.2) is 13.6 Å². The van der Waals surface area contributed by atoms with Crippen molar-refractivity contribution in [3.63, 3.8) is 0 Å². The van der Waals surface area contributed by atoms with Crippen molar-refractivity contribution in [3.8, 4) is 6.07 Å². The highest BCUT2D eigenvalue weighted by atomic mass is 19.1. The van der Waals surface area contributed by atoms with Crippen molar-refractivity contribution in [2.75, 3.05) is 13.1 Å². The highest BCUT2D eigenvalue weighted by Crippen LogP contribution is 2.40. The predicted octanol–water partition coefficient (Wildman–Crippen LogP) is 4.20. The predicted molar refractivity (Wildman–Crippen MR) is 115 cm³/mol. The Kier molecular flexibility index (Phi) is 7.50. The number of aldehydes is 1. The van der Waals surface area contributed by atoms with E-state index in [1.54, 1.807) is 32.9 Å². The van der Waals surface area contributed by atoms with Gasteiger partial charge in [-0.05, 0) is 63.6 Å². The van der Waals surface area contributed by atoms with Gasteiger partial charge in [0.25, 0.3) is 0 Å². The molecule has 1 aliphatic carbocycles. The number of nitrogens with zero attached hydrogens (tertiary/aromatic N) is 3. The van der Waals surface area contributed by atoms with Crippen LogP contribution in [0, 0.1) is 17.1 Å². The van der Waals surface area contributed by atoms with Crippen molar-refractivity contribution in [1.29, 1.82) is 5.26 Å². The van der Waals surface area contributed by atoms with E-state index >= 15 is 0 Å². The number of nitriles is 1. The van der Waals surface area contributed by atoms with E-state index in [9.17, 15) is 23.6 Å². The Labute approximate surface area is 188 Å². The molecule has 0 radical (unpaired) electrons. The molecule has 3 rings (SSSR count). The van der Waals surface area contributed by atoms with Gasteiger partial charge in [0.15, 0.2) is 0 Å². The number of rotatable bonds is 5. The van der Waals surface area contributed by atoms with Gasteiger partial charge >= 0.3 is 6.09 Å². The number of benzene rings is 1. The quantitative estimate of drug-likeness (QED) is 0.633. The highest BCUT2D eigenvalue weighted by molar-refractivity contribution is 5.72. The molecule has 1 amide bonds. The van der Waals surface area contributed by atoms with Gasteiger partial charge in [-0.3, -0.25) is 9.80 Å². The Morgan fingerprint density at radius 3 is 2.56 bits per heavy atom. The number of halogens is 2. The number of hydrogen-bond donors (Lipinski definition) is 0. The zero-order chi connectivity index (χ0) is 23.5. The van der Waals surface area contributed by atoms with Gasteiger partial charge in [0.1, 0.15) is 29.9 Å². The van der Waals surface area contributed by atoms with E-state index in [1.165, 1.54) is 17.0 Å². The third-order valence-electron chi connectivity index (χ3n) is 6.29. The lowest BCUT2D eigenvalue weighted by molar-refractivity contribution is -0.110. The van der Waals surface area contributed by atoms with Crippen LogP contribution in [0.5, 0.6) is 0 Å². The molecule has 1 aliphatic heterocycles. The van der Waals surface area contributed by atoms with Crippen LogP contribution in [0.3, 0.4) is 0 Å². The van der Waals surface area contributed by atoms with Crippen molar-refractivity contribution < 1.29 is 23.1 Å². The highest BCUT2D eigenvalue weighted by Gasteiger charge is 2.46. The minimum absolute atomic E-state index is 0.0755. The fourth-order valence-corrected chi connectivity index (χ4v) is 4.94. The van der Waals surface area contributed by atoms with E-state index in [1.807, 2.05) is 4.90 Å². The van der Waals surface area contributed by atoms with Gasteiger partial charge in [-0.15, -0.1) is 0 Å². The summed E-state index contributed by atoms with van der Waals surface area (Å²) in [5, 5.41) is 9.63. The number of ether oxygens (including phenoxy) is 1. The topological polar surface area (TPSA) is 73.6 Å². The Morgan fingerprint density at radius 1 is 1.28 bits per heavy atom. The molecule has 1 aromatic rings. The van der Waals surface area contributed by atoms with E-state index in [0.29, 0.717) is 19.1 Å². The number of carbonyl (C=O) groups excluding carboxylic acids is 2. The maximum absolute atomic E-state index is 14.3. The molecule has 174 valence electrons. The molecule has 5 atom stereocenters.